The van der Waals surface area contributed by atoms with Crippen LogP contribution < -0.4 is 0 Å². The molecule has 66 valence electrons. The second-order valence-electron chi connectivity index (χ2n) is 3.78. The van der Waals surface area contributed by atoms with Gasteiger partial charge in [0.1, 0.15) is 6.10 Å². The van der Waals surface area contributed by atoms with E-state index in [-0.39, 0.29) is 6.10 Å². The summed E-state index contributed by atoms with van der Waals surface area (Å²) in [5.41, 5.74) is 1.50. The van der Waals surface area contributed by atoms with E-state index < -0.39 is 0 Å². The van der Waals surface area contributed by atoms with Crippen LogP contribution in [0, 0.1) is 11.8 Å². The maximum atomic E-state index is 10.2. The summed E-state index contributed by atoms with van der Waals surface area (Å²) in [6, 6.07) is 0. The summed E-state index contributed by atoms with van der Waals surface area (Å²) in [4.78, 5) is 10.2. The van der Waals surface area contributed by atoms with Crippen LogP contribution in [0.1, 0.15) is 26.2 Å². The Bertz CT molecular complexity index is 220. The van der Waals surface area contributed by atoms with Gasteiger partial charge in [0.05, 0.1) is 0 Å². The highest BCUT2D eigenvalue weighted by molar-refractivity contribution is 5.38. The Morgan fingerprint density at radius 3 is 2.92 bits per heavy atom. The van der Waals surface area contributed by atoms with Crippen LogP contribution >= 0.6 is 0 Å². The van der Waals surface area contributed by atoms with Crippen LogP contribution in [0.15, 0.2) is 11.6 Å². The van der Waals surface area contributed by atoms with Gasteiger partial charge in [-0.1, -0.05) is 11.6 Å². The van der Waals surface area contributed by atoms with E-state index in [9.17, 15) is 4.79 Å². The average Bonchev–Trinajstić information content (AvgIpc) is 2.62. The van der Waals surface area contributed by atoms with Crippen LogP contribution in [0.25, 0.3) is 0 Å². The van der Waals surface area contributed by atoms with E-state index in [1.54, 1.807) is 0 Å². The molecule has 2 nitrogen and oxygen atoms in total. The zero-order valence-corrected chi connectivity index (χ0v) is 7.32. The number of rotatable bonds is 2. The van der Waals surface area contributed by atoms with Gasteiger partial charge >= 0.3 is 0 Å². The summed E-state index contributed by atoms with van der Waals surface area (Å²) in [6.07, 6.45) is 5.93. The van der Waals surface area contributed by atoms with E-state index in [0.717, 1.165) is 12.3 Å². The molecule has 2 saturated carbocycles. The molecular weight excluding hydrogens is 152 g/mol. The molecule has 0 heterocycles. The summed E-state index contributed by atoms with van der Waals surface area (Å²) >= 11 is 0. The van der Waals surface area contributed by atoms with E-state index >= 15 is 0 Å². The predicted molar refractivity (Wildman–Crippen MR) is 45.5 cm³/mol. The van der Waals surface area contributed by atoms with Crippen LogP contribution in [0.3, 0.4) is 0 Å². The zero-order chi connectivity index (χ0) is 8.55. The van der Waals surface area contributed by atoms with Gasteiger partial charge in [0.2, 0.25) is 0 Å². The lowest BCUT2D eigenvalue weighted by molar-refractivity contribution is -0.134. The molecule has 0 aliphatic heterocycles. The minimum absolute atomic E-state index is 0.187. The molecule has 0 unspecified atom stereocenters. The fourth-order valence-electron chi connectivity index (χ4n) is 2.70. The van der Waals surface area contributed by atoms with Crippen LogP contribution in [0.5, 0.6) is 0 Å². The van der Waals surface area contributed by atoms with Gasteiger partial charge in [-0.15, -0.1) is 0 Å². The molecule has 0 amide bonds. The lowest BCUT2D eigenvalue weighted by atomic mass is 9.92. The Morgan fingerprint density at radius 1 is 1.50 bits per heavy atom. The van der Waals surface area contributed by atoms with E-state index in [0.29, 0.717) is 12.4 Å². The number of carbonyl (C=O) groups is 1. The molecule has 0 radical (unpaired) electrons. The van der Waals surface area contributed by atoms with E-state index in [1.165, 1.54) is 18.4 Å². The molecule has 0 aromatic rings. The number of ether oxygens (including phenoxy) is 1. The van der Waals surface area contributed by atoms with Crippen LogP contribution in [-0.4, -0.2) is 12.6 Å². The molecule has 2 bridgehead atoms. The first kappa shape index (κ1) is 7.84. The molecule has 0 spiro atoms. The normalized spacial score (nSPS) is 42.1. The molecule has 2 heteroatoms. The molecule has 0 aromatic carbocycles. The van der Waals surface area contributed by atoms with Crippen molar-refractivity contribution in [3.8, 4) is 0 Å². The summed E-state index contributed by atoms with van der Waals surface area (Å²) in [7, 11) is 0. The molecular formula is C10H14O2. The summed E-state index contributed by atoms with van der Waals surface area (Å²) in [5.74, 6) is 1.33. The highest BCUT2D eigenvalue weighted by atomic mass is 16.5. The van der Waals surface area contributed by atoms with Crippen LogP contribution in [-0.2, 0) is 9.53 Å². The number of allylic oxidation sites excluding steroid dienone is 1. The number of carbonyl (C=O) groups excluding carboxylic acids is 1. The van der Waals surface area contributed by atoms with Crippen LogP contribution in [0.4, 0.5) is 0 Å². The predicted octanol–water partition coefficient (Wildman–Crippen LogP) is 1.90. The Labute approximate surface area is 72.6 Å². The molecule has 0 N–H and O–H groups in total. The third-order valence-corrected chi connectivity index (χ3v) is 3.20. The van der Waals surface area contributed by atoms with Gasteiger partial charge in [0.25, 0.3) is 6.47 Å². The van der Waals surface area contributed by atoms with Crippen molar-refractivity contribution in [2.45, 2.75) is 32.3 Å². The lowest BCUT2D eigenvalue weighted by Crippen LogP contribution is -2.21. The molecule has 2 rings (SSSR count). The number of hydrogen-bond acceptors (Lipinski definition) is 2. The quantitative estimate of drug-likeness (QED) is 0.462. The zero-order valence-electron chi connectivity index (χ0n) is 7.32. The highest BCUT2D eigenvalue weighted by Gasteiger charge is 2.43. The average molecular weight is 166 g/mol. The Hall–Kier alpha value is -0.790. The van der Waals surface area contributed by atoms with Gasteiger partial charge in [0, 0.05) is 5.92 Å². The Kier molecular flexibility index (Phi) is 1.91. The van der Waals surface area contributed by atoms with Gasteiger partial charge in [-0.25, -0.2) is 0 Å². The highest BCUT2D eigenvalue weighted by Crippen LogP contribution is 2.48. The fraction of sp³-hybridized carbons (Fsp3) is 0.700. The topological polar surface area (TPSA) is 26.3 Å². The van der Waals surface area contributed by atoms with Crippen molar-refractivity contribution in [3.05, 3.63) is 11.6 Å². The van der Waals surface area contributed by atoms with Gasteiger partial charge in [-0.05, 0) is 32.1 Å². The summed E-state index contributed by atoms with van der Waals surface area (Å²) in [6.45, 7) is 2.67. The van der Waals surface area contributed by atoms with Gasteiger partial charge in [0.15, 0.2) is 0 Å². The number of hydrogen-bond donors (Lipinski definition) is 0. The third kappa shape index (κ3) is 1.06. The molecule has 12 heavy (non-hydrogen) atoms. The first-order valence-electron chi connectivity index (χ1n) is 4.59. The van der Waals surface area contributed by atoms with Gasteiger partial charge < -0.3 is 4.74 Å². The fourth-order valence-corrected chi connectivity index (χ4v) is 2.70. The van der Waals surface area contributed by atoms with Crippen molar-refractivity contribution in [2.75, 3.05) is 0 Å². The van der Waals surface area contributed by atoms with E-state index in [4.69, 9.17) is 4.74 Å². The maximum Gasteiger partial charge on any atom is 0.293 e. The number of fused-ring (bicyclic) bond motifs is 2. The molecule has 0 saturated heterocycles. The first-order chi connectivity index (χ1) is 5.85. The van der Waals surface area contributed by atoms with Crippen LogP contribution in [0.2, 0.25) is 0 Å². The van der Waals surface area contributed by atoms with Crippen molar-refractivity contribution >= 4 is 6.47 Å². The molecule has 2 aliphatic rings. The minimum atomic E-state index is 0.187. The third-order valence-electron chi connectivity index (χ3n) is 3.20. The standard InChI is InChI=1S/C10H14O2/c1-2-8-3-7-4-9(8)10(5-7)12-6-11/h2,6-7,9-10H,3-5H2,1H3/b8-2+/t7-,9-,10+/m1/s1. The summed E-state index contributed by atoms with van der Waals surface area (Å²) < 4.78 is 5.05. The van der Waals surface area contributed by atoms with Gasteiger partial charge in [-0.2, -0.15) is 0 Å². The minimum Gasteiger partial charge on any atom is -0.464 e. The van der Waals surface area contributed by atoms with Crippen molar-refractivity contribution in [1.82, 2.24) is 0 Å². The smallest absolute Gasteiger partial charge is 0.293 e. The lowest BCUT2D eigenvalue weighted by Gasteiger charge is -2.22. The van der Waals surface area contributed by atoms with Crippen molar-refractivity contribution < 1.29 is 9.53 Å². The molecule has 2 fully saturated rings. The second-order valence-corrected chi connectivity index (χ2v) is 3.78. The first-order valence-corrected chi connectivity index (χ1v) is 4.59. The maximum absolute atomic E-state index is 10.2. The summed E-state index contributed by atoms with van der Waals surface area (Å²) in [5, 5.41) is 0. The molecule has 2 aliphatic carbocycles. The monoisotopic (exact) mass is 166 g/mol. The van der Waals surface area contributed by atoms with Gasteiger partial charge in [-0.3, -0.25) is 4.79 Å². The van der Waals surface area contributed by atoms with Crippen molar-refractivity contribution in [1.29, 1.82) is 0 Å². The molecule has 3 atom stereocenters. The van der Waals surface area contributed by atoms with Crippen molar-refractivity contribution in [2.24, 2.45) is 11.8 Å². The largest absolute Gasteiger partial charge is 0.464 e. The van der Waals surface area contributed by atoms with E-state index in [2.05, 4.69) is 13.0 Å². The Balaban J connectivity index is 2.09. The second kappa shape index (κ2) is 2.92. The Morgan fingerprint density at radius 2 is 2.33 bits per heavy atom. The SMILES string of the molecule is C/C=C1\C[C@H]2C[C@H](OC=O)[C@@H]1C2. The van der Waals surface area contributed by atoms with E-state index in [1.807, 2.05) is 0 Å². The van der Waals surface area contributed by atoms with Crippen molar-refractivity contribution in [3.63, 3.8) is 0 Å². The molecule has 0 aromatic heterocycles.